The molecule has 0 saturated carbocycles. The Bertz CT molecular complexity index is 406. The Balaban J connectivity index is 2.95. The van der Waals surface area contributed by atoms with Crippen LogP contribution in [-0.2, 0) is 0 Å². The number of carbonyl (C=O) groups is 1. The van der Waals surface area contributed by atoms with Gasteiger partial charge in [0.1, 0.15) is 4.88 Å². The minimum atomic E-state index is -0.0702. The Morgan fingerprint density at radius 1 is 1.62 bits per heavy atom. The molecule has 0 spiro atoms. The molecule has 1 aromatic heterocycles. The van der Waals surface area contributed by atoms with Crippen molar-refractivity contribution in [2.24, 2.45) is 0 Å². The Morgan fingerprint density at radius 2 is 2.31 bits per heavy atom. The molecule has 0 unspecified atom stereocenters. The Kier molecular flexibility index (Phi) is 4.44. The van der Waals surface area contributed by atoms with Crippen LogP contribution in [0, 0.1) is 12.3 Å². The smallest absolute Gasteiger partial charge is 0.268 e. The fourth-order valence-electron chi connectivity index (χ4n) is 1.30. The quantitative estimate of drug-likeness (QED) is 0.750. The molecule has 1 rings (SSSR count). The number of terminal acetylenes is 1. The van der Waals surface area contributed by atoms with Crippen molar-refractivity contribution in [1.82, 2.24) is 14.5 Å². The molecule has 0 aliphatic rings. The van der Waals surface area contributed by atoms with E-state index in [0.717, 1.165) is 17.2 Å². The number of hydrogen-bond donors (Lipinski definition) is 0. The zero-order valence-corrected chi connectivity index (χ0v) is 10.5. The second kappa shape index (κ2) is 5.61. The van der Waals surface area contributed by atoms with Crippen molar-refractivity contribution in [1.29, 1.82) is 0 Å². The highest BCUT2D eigenvalue weighted by Gasteiger charge is 2.22. The Hall–Kier alpha value is -1.41. The highest BCUT2D eigenvalue weighted by molar-refractivity contribution is 7.08. The second-order valence-electron chi connectivity index (χ2n) is 3.67. The first-order valence-corrected chi connectivity index (χ1v) is 5.94. The van der Waals surface area contributed by atoms with Crippen LogP contribution in [0.1, 0.15) is 42.1 Å². The highest BCUT2D eigenvalue weighted by Crippen LogP contribution is 2.21. The molecule has 0 radical (unpaired) electrons. The predicted octanol–water partition coefficient (Wildman–Crippen LogP) is 1.76. The van der Waals surface area contributed by atoms with Gasteiger partial charge in [0.2, 0.25) is 0 Å². The fourth-order valence-corrected chi connectivity index (χ4v) is 2.09. The molecule has 0 atom stereocenters. The van der Waals surface area contributed by atoms with Crippen LogP contribution in [0.2, 0.25) is 0 Å². The lowest BCUT2D eigenvalue weighted by Crippen LogP contribution is -2.31. The first-order valence-electron chi connectivity index (χ1n) is 5.16. The summed E-state index contributed by atoms with van der Waals surface area (Å²) in [4.78, 5) is 14.3. The SMILES string of the molecule is C#CCN(CC)C(=O)c1snnc1C(C)C. The molecule has 1 amide bonds. The largest absolute Gasteiger partial charge is 0.327 e. The second-order valence-corrected chi connectivity index (χ2v) is 4.42. The van der Waals surface area contributed by atoms with E-state index in [9.17, 15) is 4.79 Å². The summed E-state index contributed by atoms with van der Waals surface area (Å²) in [5.74, 6) is 2.61. The first kappa shape index (κ1) is 12.7. The minimum Gasteiger partial charge on any atom is -0.327 e. The van der Waals surface area contributed by atoms with Gasteiger partial charge in [-0.2, -0.15) is 0 Å². The number of nitrogens with zero attached hydrogens (tertiary/aromatic N) is 3. The van der Waals surface area contributed by atoms with Gasteiger partial charge in [0.25, 0.3) is 5.91 Å². The lowest BCUT2D eigenvalue weighted by Gasteiger charge is -2.17. The fraction of sp³-hybridized carbons (Fsp3) is 0.545. The molecule has 0 N–H and O–H groups in total. The van der Waals surface area contributed by atoms with Crippen molar-refractivity contribution >= 4 is 17.4 Å². The van der Waals surface area contributed by atoms with Crippen molar-refractivity contribution in [2.45, 2.75) is 26.7 Å². The lowest BCUT2D eigenvalue weighted by molar-refractivity contribution is 0.0788. The average molecular weight is 237 g/mol. The highest BCUT2D eigenvalue weighted by atomic mass is 32.1. The van der Waals surface area contributed by atoms with Crippen LogP contribution in [0.5, 0.6) is 0 Å². The van der Waals surface area contributed by atoms with Gasteiger partial charge in [0.05, 0.1) is 12.2 Å². The molecular weight excluding hydrogens is 222 g/mol. The zero-order chi connectivity index (χ0) is 12.1. The minimum absolute atomic E-state index is 0.0702. The standard InChI is InChI=1S/C11H15N3OS/c1-5-7-14(6-2)11(15)10-9(8(3)4)12-13-16-10/h1,8H,6-7H2,2-4H3. The molecule has 0 aliphatic heterocycles. The van der Waals surface area contributed by atoms with Crippen LogP contribution >= 0.6 is 11.5 Å². The lowest BCUT2D eigenvalue weighted by atomic mass is 10.1. The summed E-state index contributed by atoms with van der Waals surface area (Å²) in [6.45, 7) is 6.80. The van der Waals surface area contributed by atoms with Crippen molar-refractivity contribution in [3.63, 3.8) is 0 Å². The molecule has 86 valence electrons. The van der Waals surface area contributed by atoms with Gasteiger partial charge < -0.3 is 4.90 Å². The summed E-state index contributed by atoms with van der Waals surface area (Å²) in [6.07, 6.45) is 5.22. The molecule has 1 heterocycles. The summed E-state index contributed by atoms with van der Waals surface area (Å²) < 4.78 is 3.83. The van der Waals surface area contributed by atoms with Gasteiger partial charge in [-0.1, -0.05) is 24.3 Å². The maximum Gasteiger partial charge on any atom is 0.268 e. The van der Waals surface area contributed by atoms with Crippen molar-refractivity contribution in [3.05, 3.63) is 10.6 Å². The molecule has 5 heteroatoms. The van der Waals surface area contributed by atoms with Gasteiger partial charge in [0.15, 0.2) is 0 Å². The molecule has 4 nitrogen and oxygen atoms in total. The monoisotopic (exact) mass is 237 g/mol. The van der Waals surface area contributed by atoms with E-state index in [-0.39, 0.29) is 11.8 Å². The van der Waals surface area contributed by atoms with Crippen molar-refractivity contribution in [2.75, 3.05) is 13.1 Å². The molecule has 0 aliphatic carbocycles. The van der Waals surface area contributed by atoms with E-state index < -0.39 is 0 Å². The topological polar surface area (TPSA) is 46.1 Å². The van der Waals surface area contributed by atoms with E-state index in [1.807, 2.05) is 20.8 Å². The summed E-state index contributed by atoms with van der Waals surface area (Å²) in [7, 11) is 0. The van der Waals surface area contributed by atoms with E-state index in [2.05, 4.69) is 15.5 Å². The average Bonchev–Trinajstić information content (AvgIpc) is 2.73. The molecule has 0 saturated heterocycles. The maximum atomic E-state index is 12.1. The summed E-state index contributed by atoms with van der Waals surface area (Å²) in [5.41, 5.74) is 0.755. The molecular formula is C11H15N3OS. The van der Waals surface area contributed by atoms with Crippen LogP contribution in [0.3, 0.4) is 0 Å². The number of rotatable bonds is 4. The maximum absolute atomic E-state index is 12.1. The van der Waals surface area contributed by atoms with Gasteiger partial charge in [-0.25, -0.2) is 0 Å². The third-order valence-electron chi connectivity index (χ3n) is 2.21. The normalized spacial score (nSPS) is 10.2. The summed E-state index contributed by atoms with van der Waals surface area (Å²) >= 11 is 1.13. The molecule has 16 heavy (non-hydrogen) atoms. The van der Waals surface area contributed by atoms with E-state index >= 15 is 0 Å². The predicted molar refractivity (Wildman–Crippen MR) is 64.4 cm³/mol. The van der Waals surface area contributed by atoms with Crippen LogP contribution in [0.25, 0.3) is 0 Å². The van der Waals surface area contributed by atoms with E-state index in [4.69, 9.17) is 6.42 Å². The third kappa shape index (κ3) is 2.58. The van der Waals surface area contributed by atoms with Crippen LogP contribution < -0.4 is 0 Å². The van der Waals surface area contributed by atoms with Gasteiger partial charge in [0, 0.05) is 6.54 Å². The number of hydrogen-bond acceptors (Lipinski definition) is 4. The van der Waals surface area contributed by atoms with Crippen LogP contribution in [0.15, 0.2) is 0 Å². The molecule has 0 aromatic carbocycles. The molecule has 1 aromatic rings. The van der Waals surface area contributed by atoms with Crippen molar-refractivity contribution in [3.8, 4) is 12.3 Å². The van der Waals surface area contributed by atoms with Gasteiger partial charge in [-0.15, -0.1) is 11.5 Å². The summed E-state index contributed by atoms with van der Waals surface area (Å²) in [6, 6.07) is 0. The first-order chi connectivity index (χ1) is 7.61. The number of carbonyl (C=O) groups excluding carboxylic acids is 1. The zero-order valence-electron chi connectivity index (χ0n) is 9.73. The van der Waals surface area contributed by atoms with E-state index in [1.54, 1.807) is 4.90 Å². The summed E-state index contributed by atoms with van der Waals surface area (Å²) in [5, 5.41) is 3.98. The Labute approximate surface area is 99.8 Å². The van der Waals surface area contributed by atoms with Crippen molar-refractivity contribution < 1.29 is 4.79 Å². The molecule has 0 fully saturated rings. The van der Waals surface area contributed by atoms with Crippen LogP contribution in [-0.4, -0.2) is 33.5 Å². The number of aromatic nitrogens is 2. The van der Waals surface area contributed by atoms with Gasteiger partial charge in [-0.3, -0.25) is 4.79 Å². The van der Waals surface area contributed by atoms with E-state index in [1.165, 1.54) is 0 Å². The van der Waals surface area contributed by atoms with Gasteiger partial charge in [-0.05, 0) is 24.4 Å². The van der Waals surface area contributed by atoms with E-state index in [0.29, 0.717) is 18.0 Å². The van der Waals surface area contributed by atoms with Gasteiger partial charge >= 0.3 is 0 Å². The van der Waals surface area contributed by atoms with Crippen LogP contribution in [0.4, 0.5) is 0 Å². The third-order valence-corrected chi connectivity index (χ3v) is 2.94. The molecule has 0 bridgehead atoms. The Morgan fingerprint density at radius 3 is 2.81 bits per heavy atom. The number of amides is 1.